The molecule has 0 radical (unpaired) electrons. The molecule has 2 aromatic heterocycles. The molecule has 2 heterocycles. The van der Waals surface area contributed by atoms with Crippen molar-refractivity contribution in [2.45, 2.75) is 6.18 Å². The van der Waals surface area contributed by atoms with E-state index in [9.17, 15) is 18.4 Å². The van der Waals surface area contributed by atoms with E-state index in [2.05, 4.69) is 20.3 Å². The van der Waals surface area contributed by atoms with E-state index < -0.39 is 11.7 Å². The molecule has 0 saturated carbocycles. The summed E-state index contributed by atoms with van der Waals surface area (Å²) in [6.07, 6.45) is -4.51. The van der Waals surface area contributed by atoms with Gasteiger partial charge in [-0.05, 0) is 18.2 Å². The molecule has 0 aliphatic heterocycles. The Labute approximate surface area is 173 Å². The van der Waals surface area contributed by atoms with Crippen molar-refractivity contribution in [3.63, 3.8) is 0 Å². The molecular formula is C20H13F3N8. The Balaban J connectivity index is 1.86. The van der Waals surface area contributed by atoms with Crippen LogP contribution in [0.25, 0.3) is 16.9 Å². The van der Waals surface area contributed by atoms with Gasteiger partial charge in [-0.25, -0.2) is 4.98 Å². The van der Waals surface area contributed by atoms with Crippen LogP contribution in [0.2, 0.25) is 0 Å². The van der Waals surface area contributed by atoms with Crippen molar-refractivity contribution in [2.75, 3.05) is 11.5 Å². The third-order valence-electron chi connectivity index (χ3n) is 4.40. The Morgan fingerprint density at radius 2 is 1.74 bits per heavy atom. The van der Waals surface area contributed by atoms with E-state index in [-0.39, 0.29) is 34.2 Å². The first kappa shape index (κ1) is 19.8. The van der Waals surface area contributed by atoms with E-state index in [1.54, 1.807) is 24.3 Å². The number of nitrogens with zero attached hydrogens (tertiary/aromatic N) is 6. The van der Waals surface area contributed by atoms with Crippen molar-refractivity contribution in [1.82, 2.24) is 14.6 Å². The lowest BCUT2D eigenvalue weighted by atomic mass is 10.1. The van der Waals surface area contributed by atoms with Gasteiger partial charge in [-0.15, -0.1) is 10.2 Å². The van der Waals surface area contributed by atoms with Crippen molar-refractivity contribution in [3.8, 4) is 17.3 Å². The summed E-state index contributed by atoms with van der Waals surface area (Å²) in [5.74, 6) is -0.0948. The molecule has 0 bridgehead atoms. The first-order chi connectivity index (χ1) is 14.8. The van der Waals surface area contributed by atoms with Crippen LogP contribution in [0.5, 0.6) is 0 Å². The minimum absolute atomic E-state index is 0.00132. The lowest BCUT2D eigenvalue weighted by molar-refractivity contribution is -0.137. The number of nitriles is 1. The van der Waals surface area contributed by atoms with Gasteiger partial charge in [0.25, 0.3) is 0 Å². The molecule has 0 aliphatic rings. The van der Waals surface area contributed by atoms with Crippen molar-refractivity contribution < 1.29 is 13.2 Å². The average molecular weight is 422 g/mol. The quantitative estimate of drug-likeness (QED) is 0.455. The normalized spacial score (nSPS) is 11.8. The van der Waals surface area contributed by atoms with E-state index in [0.29, 0.717) is 11.3 Å². The Bertz CT molecular complexity index is 1350. The number of halogens is 3. The molecule has 4 aromatic rings. The smallest absolute Gasteiger partial charge is 0.382 e. The highest BCUT2D eigenvalue weighted by Crippen LogP contribution is 2.35. The van der Waals surface area contributed by atoms with Gasteiger partial charge in [-0.2, -0.15) is 28.1 Å². The second-order valence-electron chi connectivity index (χ2n) is 6.42. The first-order valence-electron chi connectivity index (χ1n) is 8.82. The van der Waals surface area contributed by atoms with Crippen LogP contribution in [0.4, 0.5) is 36.2 Å². The number of rotatable bonds is 3. The number of hydrogen-bond acceptors (Lipinski definition) is 7. The molecule has 0 aliphatic carbocycles. The number of azo groups is 1. The minimum atomic E-state index is -4.51. The summed E-state index contributed by atoms with van der Waals surface area (Å²) < 4.78 is 39.9. The van der Waals surface area contributed by atoms with Crippen molar-refractivity contribution in [3.05, 3.63) is 65.7 Å². The molecule has 0 spiro atoms. The number of anilines is 2. The maximum absolute atomic E-state index is 12.9. The van der Waals surface area contributed by atoms with Crippen LogP contribution < -0.4 is 11.5 Å². The maximum Gasteiger partial charge on any atom is 0.416 e. The Kier molecular flexibility index (Phi) is 4.75. The van der Waals surface area contributed by atoms with Crippen LogP contribution in [0, 0.1) is 11.3 Å². The highest BCUT2D eigenvalue weighted by Gasteiger charge is 2.30. The lowest BCUT2D eigenvalue weighted by Gasteiger charge is -2.08. The van der Waals surface area contributed by atoms with Gasteiger partial charge in [0.1, 0.15) is 17.5 Å². The summed E-state index contributed by atoms with van der Waals surface area (Å²) in [5, 5.41) is 21.4. The summed E-state index contributed by atoms with van der Waals surface area (Å²) in [5.41, 5.74) is 12.3. The molecule has 4 rings (SSSR count). The summed E-state index contributed by atoms with van der Waals surface area (Å²) >= 11 is 0. The second kappa shape index (κ2) is 7.42. The monoisotopic (exact) mass is 422 g/mol. The number of aromatic nitrogens is 3. The van der Waals surface area contributed by atoms with Gasteiger partial charge in [0, 0.05) is 5.56 Å². The third-order valence-corrected chi connectivity index (χ3v) is 4.40. The van der Waals surface area contributed by atoms with Gasteiger partial charge < -0.3 is 11.5 Å². The van der Waals surface area contributed by atoms with Gasteiger partial charge in [0.05, 0.1) is 16.9 Å². The second-order valence-corrected chi connectivity index (χ2v) is 6.42. The van der Waals surface area contributed by atoms with Gasteiger partial charge in [0.15, 0.2) is 17.2 Å². The number of nitrogen functional groups attached to an aromatic ring is 2. The molecule has 0 fully saturated rings. The van der Waals surface area contributed by atoms with Crippen molar-refractivity contribution >= 4 is 28.7 Å². The van der Waals surface area contributed by atoms with Crippen LogP contribution in [0.3, 0.4) is 0 Å². The van der Waals surface area contributed by atoms with E-state index in [4.69, 9.17) is 11.5 Å². The largest absolute Gasteiger partial charge is 0.416 e. The van der Waals surface area contributed by atoms with Crippen LogP contribution in [0.15, 0.2) is 64.8 Å². The molecule has 31 heavy (non-hydrogen) atoms. The Hall–Kier alpha value is -4.46. The zero-order chi connectivity index (χ0) is 22.2. The fraction of sp³-hybridized carbons (Fsp3) is 0.0500. The first-order valence-corrected chi connectivity index (χ1v) is 8.82. The fourth-order valence-corrected chi connectivity index (χ4v) is 2.94. The molecule has 0 saturated heterocycles. The van der Waals surface area contributed by atoms with Crippen LogP contribution in [-0.2, 0) is 6.18 Å². The molecular weight excluding hydrogens is 409 g/mol. The molecule has 2 aromatic carbocycles. The molecule has 0 amide bonds. The SMILES string of the molecule is N#Cc1c(-c2ccccc2)nc2c(N=Nc3cccc(C(F)(F)F)c3)c(N)nn2c1N. The Morgan fingerprint density at radius 3 is 2.42 bits per heavy atom. The van der Waals surface area contributed by atoms with Crippen LogP contribution in [-0.4, -0.2) is 14.6 Å². The number of benzene rings is 2. The zero-order valence-electron chi connectivity index (χ0n) is 15.7. The summed E-state index contributed by atoms with van der Waals surface area (Å²) in [6.45, 7) is 0. The van der Waals surface area contributed by atoms with Gasteiger partial charge >= 0.3 is 6.18 Å². The van der Waals surface area contributed by atoms with Crippen LogP contribution in [0.1, 0.15) is 11.1 Å². The fourth-order valence-electron chi connectivity index (χ4n) is 2.94. The summed E-state index contributed by atoms with van der Waals surface area (Å²) in [7, 11) is 0. The maximum atomic E-state index is 12.9. The lowest BCUT2D eigenvalue weighted by Crippen LogP contribution is -2.06. The molecule has 0 unspecified atom stereocenters. The highest BCUT2D eigenvalue weighted by atomic mass is 19.4. The minimum Gasteiger partial charge on any atom is -0.382 e. The predicted octanol–water partition coefficient (Wildman–Crippen LogP) is 4.87. The number of nitrogens with two attached hydrogens (primary N) is 2. The number of alkyl halides is 3. The van der Waals surface area contributed by atoms with Gasteiger partial charge in [-0.1, -0.05) is 36.4 Å². The Morgan fingerprint density at radius 1 is 1.00 bits per heavy atom. The summed E-state index contributed by atoms with van der Waals surface area (Å²) in [4.78, 5) is 4.45. The molecule has 11 heteroatoms. The van der Waals surface area contributed by atoms with Gasteiger partial charge in [0.2, 0.25) is 0 Å². The number of hydrogen-bond donors (Lipinski definition) is 2. The molecule has 0 atom stereocenters. The van der Waals surface area contributed by atoms with Crippen molar-refractivity contribution in [2.24, 2.45) is 10.2 Å². The highest BCUT2D eigenvalue weighted by molar-refractivity contribution is 5.82. The zero-order valence-corrected chi connectivity index (χ0v) is 15.7. The summed E-state index contributed by atoms with van der Waals surface area (Å²) in [6, 6.07) is 15.3. The standard InChI is InChI=1S/C20H13F3N8/c21-20(22,23)12-7-4-8-13(9-12)28-29-16-17(25)30-31-18(26)14(10-24)15(27-19(16)31)11-5-2-1-3-6-11/h1-9H,26H2,(H2,25,30). The van der Waals surface area contributed by atoms with E-state index in [1.807, 2.05) is 12.1 Å². The third kappa shape index (κ3) is 3.62. The number of fused-ring (bicyclic) bond motifs is 1. The van der Waals surface area contributed by atoms with E-state index >= 15 is 0 Å². The van der Waals surface area contributed by atoms with Gasteiger partial charge in [-0.3, -0.25) is 0 Å². The predicted molar refractivity (Wildman–Crippen MR) is 108 cm³/mol. The molecule has 4 N–H and O–H groups in total. The molecule has 154 valence electrons. The van der Waals surface area contributed by atoms with Crippen molar-refractivity contribution in [1.29, 1.82) is 5.26 Å². The van der Waals surface area contributed by atoms with E-state index in [1.165, 1.54) is 12.1 Å². The average Bonchev–Trinajstić information content (AvgIpc) is 3.08. The molecule has 8 nitrogen and oxygen atoms in total. The topological polar surface area (TPSA) is 131 Å². The van der Waals surface area contributed by atoms with Crippen LogP contribution >= 0.6 is 0 Å². The van der Waals surface area contributed by atoms with E-state index in [0.717, 1.165) is 16.6 Å².